The smallest absolute Gasteiger partial charge is 0.256 e. The first kappa shape index (κ1) is 17.3. The molecule has 4 rings (SSSR count). The van der Waals surface area contributed by atoms with Gasteiger partial charge in [0.25, 0.3) is 5.56 Å². The van der Waals surface area contributed by atoms with E-state index in [1.165, 1.54) is 12.1 Å². The van der Waals surface area contributed by atoms with Crippen molar-refractivity contribution in [2.45, 2.75) is 26.0 Å². The average molecular weight is 367 g/mol. The van der Waals surface area contributed by atoms with Gasteiger partial charge < -0.3 is 15.0 Å². The van der Waals surface area contributed by atoms with E-state index >= 15 is 0 Å². The minimum absolute atomic E-state index is 0.156. The van der Waals surface area contributed by atoms with Gasteiger partial charge in [-0.1, -0.05) is 12.1 Å². The number of hydrogen-bond donors (Lipinski definition) is 2. The maximum absolute atomic E-state index is 13.0. The van der Waals surface area contributed by atoms with E-state index < -0.39 is 0 Å². The van der Waals surface area contributed by atoms with E-state index in [-0.39, 0.29) is 11.4 Å². The van der Waals surface area contributed by atoms with Gasteiger partial charge in [0, 0.05) is 19.0 Å². The molecule has 138 valence electrons. The summed E-state index contributed by atoms with van der Waals surface area (Å²) < 4.78 is 18.3. The van der Waals surface area contributed by atoms with Crippen LogP contribution in [0.3, 0.4) is 0 Å². The normalized spacial score (nSPS) is 13.2. The highest BCUT2D eigenvalue weighted by Crippen LogP contribution is 2.12. The van der Waals surface area contributed by atoms with E-state index in [4.69, 9.17) is 4.74 Å². The van der Waals surface area contributed by atoms with Crippen LogP contribution in [0.15, 0.2) is 41.3 Å². The van der Waals surface area contributed by atoms with Crippen LogP contribution in [0.4, 0.5) is 10.2 Å². The van der Waals surface area contributed by atoms with Gasteiger partial charge in [-0.15, -0.1) is 0 Å². The zero-order valence-electron chi connectivity index (χ0n) is 14.5. The molecule has 8 heteroatoms. The van der Waals surface area contributed by atoms with Gasteiger partial charge in [0.2, 0.25) is 0 Å². The number of aromatic amines is 1. The first-order chi connectivity index (χ1) is 13.2. The maximum Gasteiger partial charge on any atom is 0.256 e. The summed E-state index contributed by atoms with van der Waals surface area (Å²) in [4.78, 5) is 28.1. The van der Waals surface area contributed by atoms with Crippen molar-refractivity contribution in [1.29, 1.82) is 0 Å². The number of hydrogen-bond acceptors (Lipinski definition) is 6. The van der Waals surface area contributed by atoms with Crippen LogP contribution in [0.5, 0.6) is 0 Å². The second-order valence-electron chi connectivity index (χ2n) is 6.26. The molecule has 1 aliphatic heterocycles. The molecule has 0 spiro atoms. The van der Waals surface area contributed by atoms with Gasteiger partial charge in [-0.3, -0.25) is 4.79 Å². The molecule has 0 fully saturated rings. The Morgan fingerprint density at radius 3 is 2.89 bits per heavy atom. The molecule has 0 bridgehead atoms. The highest BCUT2D eigenvalue weighted by atomic mass is 19.1. The molecule has 1 aliphatic rings. The predicted molar refractivity (Wildman–Crippen MR) is 96.8 cm³/mol. The van der Waals surface area contributed by atoms with Crippen molar-refractivity contribution >= 4 is 5.82 Å². The first-order valence-corrected chi connectivity index (χ1v) is 8.66. The Morgan fingerprint density at radius 1 is 1.19 bits per heavy atom. The van der Waals surface area contributed by atoms with Crippen LogP contribution < -0.4 is 10.9 Å². The molecule has 2 N–H and O–H groups in total. The third kappa shape index (κ3) is 4.17. The number of rotatable bonds is 5. The van der Waals surface area contributed by atoms with E-state index in [0.717, 1.165) is 11.3 Å². The minimum atomic E-state index is -0.270. The van der Waals surface area contributed by atoms with Crippen molar-refractivity contribution in [2.24, 2.45) is 0 Å². The van der Waals surface area contributed by atoms with Crippen LogP contribution in [-0.4, -0.2) is 26.5 Å². The average Bonchev–Trinajstić information content (AvgIpc) is 2.69. The molecule has 1 aromatic carbocycles. The number of ether oxygens (including phenoxy) is 1. The van der Waals surface area contributed by atoms with E-state index in [1.54, 1.807) is 24.4 Å². The number of aromatic nitrogens is 4. The standard InChI is InChI=1S/C19H18FN5O2/c20-13-3-1-12(2-4-13)9-17-21-7-5-16(24-17)22-10-18-23-15-6-8-27-11-14(15)19(26)25-18/h1-5,7H,6,8-11H2,(H,21,22,24)(H,23,25,26). The second kappa shape index (κ2) is 7.63. The lowest BCUT2D eigenvalue weighted by Crippen LogP contribution is -2.26. The molecule has 27 heavy (non-hydrogen) atoms. The van der Waals surface area contributed by atoms with Crippen LogP contribution in [0.25, 0.3) is 0 Å². The summed E-state index contributed by atoms with van der Waals surface area (Å²) in [5, 5.41) is 3.16. The van der Waals surface area contributed by atoms with Gasteiger partial charge in [0.05, 0.1) is 31.0 Å². The Labute approximate surface area is 154 Å². The van der Waals surface area contributed by atoms with Gasteiger partial charge in [0.15, 0.2) is 0 Å². The van der Waals surface area contributed by atoms with E-state index in [9.17, 15) is 9.18 Å². The highest BCUT2D eigenvalue weighted by molar-refractivity contribution is 5.34. The molecule has 7 nitrogen and oxygen atoms in total. The third-order valence-corrected chi connectivity index (χ3v) is 4.30. The van der Waals surface area contributed by atoms with Crippen LogP contribution in [0.1, 0.15) is 28.5 Å². The largest absolute Gasteiger partial charge is 0.376 e. The molecule has 0 aliphatic carbocycles. The predicted octanol–water partition coefficient (Wildman–Crippen LogP) is 1.97. The fraction of sp³-hybridized carbons (Fsp3) is 0.263. The van der Waals surface area contributed by atoms with Gasteiger partial charge in [-0.25, -0.2) is 19.3 Å². The van der Waals surface area contributed by atoms with Crippen molar-refractivity contribution in [3.05, 3.63) is 81.2 Å². The van der Waals surface area contributed by atoms with Crippen LogP contribution >= 0.6 is 0 Å². The molecule has 0 saturated carbocycles. The Morgan fingerprint density at radius 2 is 2.04 bits per heavy atom. The first-order valence-electron chi connectivity index (χ1n) is 8.66. The number of halogens is 1. The Balaban J connectivity index is 1.45. The Kier molecular flexibility index (Phi) is 4.88. The number of nitrogens with zero attached hydrogens (tertiary/aromatic N) is 3. The summed E-state index contributed by atoms with van der Waals surface area (Å²) in [6.07, 6.45) is 2.81. The molecule has 3 aromatic rings. The van der Waals surface area contributed by atoms with E-state index in [1.807, 2.05) is 0 Å². The molecule has 0 amide bonds. The molecular weight excluding hydrogens is 349 g/mol. The van der Waals surface area contributed by atoms with Crippen molar-refractivity contribution in [3.63, 3.8) is 0 Å². The van der Waals surface area contributed by atoms with Gasteiger partial charge in [-0.05, 0) is 23.8 Å². The highest BCUT2D eigenvalue weighted by Gasteiger charge is 2.15. The number of nitrogens with one attached hydrogen (secondary N) is 2. The lowest BCUT2D eigenvalue weighted by atomic mass is 10.1. The van der Waals surface area contributed by atoms with Crippen LogP contribution in [-0.2, 0) is 30.7 Å². The van der Waals surface area contributed by atoms with E-state index in [2.05, 4.69) is 25.3 Å². The Bertz CT molecular complexity index is 1000. The van der Waals surface area contributed by atoms with Gasteiger partial charge in [0.1, 0.15) is 23.3 Å². The molecule has 3 heterocycles. The van der Waals surface area contributed by atoms with Gasteiger partial charge >= 0.3 is 0 Å². The molecule has 0 unspecified atom stereocenters. The minimum Gasteiger partial charge on any atom is -0.376 e. The van der Waals surface area contributed by atoms with Crippen molar-refractivity contribution in [3.8, 4) is 0 Å². The molecular formula is C19H18FN5O2. The van der Waals surface area contributed by atoms with Crippen molar-refractivity contribution in [2.75, 3.05) is 11.9 Å². The summed E-state index contributed by atoms with van der Waals surface area (Å²) in [6, 6.07) is 8.01. The monoisotopic (exact) mass is 367 g/mol. The maximum atomic E-state index is 13.0. The van der Waals surface area contributed by atoms with Crippen molar-refractivity contribution < 1.29 is 9.13 Å². The third-order valence-electron chi connectivity index (χ3n) is 4.30. The second-order valence-corrected chi connectivity index (χ2v) is 6.26. The lowest BCUT2D eigenvalue weighted by molar-refractivity contribution is 0.108. The summed E-state index contributed by atoms with van der Waals surface area (Å²) in [6.45, 7) is 1.23. The zero-order valence-corrected chi connectivity index (χ0v) is 14.5. The summed E-state index contributed by atoms with van der Waals surface area (Å²) in [5.74, 6) is 1.54. The number of fused-ring (bicyclic) bond motifs is 1. The molecule has 0 atom stereocenters. The molecule has 0 radical (unpaired) electrons. The number of H-pyrrole nitrogens is 1. The summed E-state index contributed by atoms with van der Waals surface area (Å²) in [7, 11) is 0. The fourth-order valence-electron chi connectivity index (χ4n) is 2.92. The lowest BCUT2D eigenvalue weighted by Gasteiger charge is -2.15. The van der Waals surface area contributed by atoms with Crippen molar-refractivity contribution in [1.82, 2.24) is 19.9 Å². The number of benzene rings is 1. The number of anilines is 1. The zero-order chi connectivity index (χ0) is 18.6. The van der Waals surface area contributed by atoms with Crippen LogP contribution in [0.2, 0.25) is 0 Å². The van der Waals surface area contributed by atoms with E-state index in [0.29, 0.717) is 55.6 Å². The van der Waals surface area contributed by atoms with Gasteiger partial charge in [-0.2, -0.15) is 0 Å². The fourth-order valence-corrected chi connectivity index (χ4v) is 2.92. The summed E-state index contributed by atoms with van der Waals surface area (Å²) in [5.41, 5.74) is 2.17. The SMILES string of the molecule is O=c1[nH]c(CNc2ccnc(Cc3ccc(F)cc3)n2)nc2c1COCC2. The molecule has 0 saturated heterocycles. The quantitative estimate of drug-likeness (QED) is 0.716. The molecule has 2 aromatic heterocycles. The topological polar surface area (TPSA) is 92.8 Å². The Hall–Kier alpha value is -3.13. The summed E-state index contributed by atoms with van der Waals surface area (Å²) >= 11 is 0. The van der Waals surface area contributed by atoms with Crippen LogP contribution in [0, 0.1) is 5.82 Å².